The van der Waals surface area contributed by atoms with Crippen LogP contribution in [0.15, 0.2) is 36.4 Å². The predicted molar refractivity (Wildman–Crippen MR) is 98.3 cm³/mol. The Labute approximate surface area is 158 Å². The fourth-order valence-electron chi connectivity index (χ4n) is 3.85. The highest BCUT2D eigenvalue weighted by atomic mass is 16.6. The van der Waals surface area contributed by atoms with Crippen LogP contribution >= 0.6 is 0 Å². The monoisotopic (exact) mass is 375 g/mol. The topological polar surface area (TPSA) is 94.1 Å². The van der Waals surface area contributed by atoms with Crippen molar-refractivity contribution in [2.24, 2.45) is 11.3 Å². The summed E-state index contributed by atoms with van der Waals surface area (Å²) in [6, 6.07) is 7.38. The third-order valence-electron chi connectivity index (χ3n) is 5.12. The molecule has 1 aromatic carbocycles. The lowest BCUT2D eigenvalue weighted by Gasteiger charge is -2.24. The highest BCUT2D eigenvalue weighted by Crippen LogP contribution is 2.52. The molecule has 2 N–H and O–H groups in total. The molecule has 0 bridgehead atoms. The van der Waals surface area contributed by atoms with Gasteiger partial charge in [0, 0.05) is 11.6 Å². The molecule has 1 saturated carbocycles. The smallest absolute Gasteiger partial charge is 0.411 e. The Morgan fingerprint density at radius 3 is 2.81 bits per heavy atom. The molecule has 0 spiro atoms. The summed E-state index contributed by atoms with van der Waals surface area (Å²) < 4.78 is 15.3. The van der Waals surface area contributed by atoms with Gasteiger partial charge in [-0.3, -0.25) is 10.1 Å². The minimum atomic E-state index is -0.569. The van der Waals surface area contributed by atoms with Gasteiger partial charge in [0.15, 0.2) is 0 Å². The summed E-state index contributed by atoms with van der Waals surface area (Å²) in [4.78, 5) is 24.1. The Balaban J connectivity index is 1.52. The number of hydrogen-bond acceptors (Lipinski definition) is 6. The number of rotatable bonds is 8. The molecular formula is C20H25NO6. The minimum Gasteiger partial charge on any atom is -0.465 e. The van der Waals surface area contributed by atoms with Crippen LogP contribution in [0.5, 0.6) is 0 Å². The van der Waals surface area contributed by atoms with E-state index in [4.69, 9.17) is 19.3 Å². The first-order chi connectivity index (χ1) is 13.0. The van der Waals surface area contributed by atoms with Crippen molar-refractivity contribution in [3.05, 3.63) is 42.0 Å². The van der Waals surface area contributed by atoms with E-state index < -0.39 is 11.5 Å². The van der Waals surface area contributed by atoms with Gasteiger partial charge in [-0.15, -0.1) is 0 Å². The maximum atomic E-state index is 12.3. The summed E-state index contributed by atoms with van der Waals surface area (Å²) in [5, 5.41) is 11.2. The van der Waals surface area contributed by atoms with Gasteiger partial charge in [-0.25, -0.2) is 4.79 Å². The van der Waals surface area contributed by atoms with E-state index in [9.17, 15) is 9.59 Å². The molecule has 1 saturated heterocycles. The number of nitrogens with one attached hydrogen (secondary N) is 1. The van der Waals surface area contributed by atoms with Crippen molar-refractivity contribution in [1.29, 1.82) is 0 Å². The SMILES string of the molecule is C=C1CC2COC(=O)C2(Cc2ccc(NC(=O)OCCOCCO)cc2)C1. The van der Waals surface area contributed by atoms with Gasteiger partial charge in [-0.05, 0) is 37.0 Å². The normalized spacial score (nSPS) is 23.8. The van der Waals surface area contributed by atoms with Crippen LogP contribution in [0.2, 0.25) is 0 Å². The van der Waals surface area contributed by atoms with Gasteiger partial charge in [-0.2, -0.15) is 0 Å². The number of hydrogen-bond donors (Lipinski definition) is 2. The lowest BCUT2D eigenvalue weighted by Crippen LogP contribution is -2.31. The van der Waals surface area contributed by atoms with Gasteiger partial charge in [0.2, 0.25) is 0 Å². The van der Waals surface area contributed by atoms with Crippen molar-refractivity contribution >= 4 is 17.7 Å². The highest BCUT2D eigenvalue weighted by Gasteiger charge is 2.55. The lowest BCUT2D eigenvalue weighted by molar-refractivity contribution is -0.146. The van der Waals surface area contributed by atoms with Crippen LogP contribution in [0, 0.1) is 11.3 Å². The first kappa shape index (κ1) is 19.4. The van der Waals surface area contributed by atoms with Crippen LogP contribution in [0.25, 0.3) is 0 Å². The fourth-order valence-corrected chi connectivity index (χ4v) is 3.85. The first-order valence-corrected chi connectivity index (χ1v) is 9.09. The molecule has 3 rings (SSSR count). The van der Waals surface area contributed by atoms with Gasteiger partial charge >= 0.3 is 12.1 Å². The standard InChI is InChI=1S/C20H25NO6/c1-14-10-16-13-27-18(23)20(16,11-14)12-15-2-4-17(5-3-15)21-19(24)26-9-8-25-7-6-22/h2-5,16,22H,1,6-13H2,(H,21,24). The van der Waals surface area contributed by atoms with Crippen molar-refractivity contribution in [3.8, 4) is 0 Å². The maximum absolute atomic E-state index is 12.3. The molecule has 1 heterocycles. The second-order valence-corrected chi connectivity index (χ2v) is 7.05. The maximum Gasteiger partial charge on any atom is 0.411 e. The number of ether oxygens (including phenoxy) is 3. The Kier molecular flexibility index (Phi) is 6.13. The second-order valence-electron chi connectivity index (χ2n) is 7.05. The number of anilines is 1. The Bertz CT molecular complexity index is 701. The van der Waals surface area contributed by atoms with Crippen molar-refractivity contribution in [2.75, 3.05) is 38.4 Å². The average molecular weight is 375 g/mol. The van der Waals surface area contributed by atoms with Crippen molar-refractivity contribution < 1.29 is 28.9 Å². The summed E-state index contributed by atoms with van der Waals surface area (Å²) in [7, 11) is 0. The van der Waals surface area contributed by atoms with Crippen molar-refractivity contribution in [2.45, 2.75) is 19.3 Å². The summed E-state index contributed by atoms with van der Waals surface area (Å²) >= 11 is 0. The molecule has 2 aliphatic rings. The van der Waals surface area contributed by atoms with Crippen LogP contribution in [-0.2, 0) is 25.4 Å². The van der Waals surface area contributed by atoms with E-state index in [2.05, 4.69) is 11.9 Å². The molecule has 7 heteroatoms. The van der Waals surface area contributed by atoms with E-state index in [0.29, 0.717) is 25.1 Å². The second kappa shape index (κ2) is 8.54. The molecule has 0 radical (unpaired) electrons. The average Bonchev–Trinajstić information content (AvgIpc) is 3.11. The number of fused-ring (bicyclic) bond motifs is 1. The minimum absolute atomic E-state index is 0.0631. The molecule has 1 aliphatic carbocycles. The van der Waals surface area contributed by atoms with Crippen LogP contribution in [0.3, 0.4) is 0 Å². The zero-order chi connectivity index (χ0) is 19.3. The van der Waals surface area contributed by atoms with E-state index in [1.54, 1.807) is 12.1 Å². The number of aliphatic hydroxyl groups is 1. The molecule has 2 unspecified atom stereocenters. The third kappa shape index (κ3) is 4.48. The van der Waals surface area contributed by atoms with Crippen LogP contribution in [0.4, 0.5) is 10.5 Å². The van der Waals surface area contributed by atoms with Crippen LogP contribution in [-0.4, -0.2) is 50.2 Å². The fraction of sp³-hybridized carbons (Fsp3) is 0.500. The highest BCUT2D eigenvalue weighted by molar-refractivity contribution is 5.84. The zero-order valence-electron chi connectivity index (χ0n) is 15.2. The first-order valence-electron chi connectivity index (χ1n) is 9.09. The number of carbonyl (C=O) groups excluding carboxylic acids is 2. The number of benzene rings is 1. The van der Waals surface area contributed by atoms with Crippen molar-refractivity contribution in [1.82, 2.24) is 0 Å². The number of carbonyl (C=O) groups is 2. The number of amides is 1. The van der Waals surface area contributed by atoms with Gasteiger partial charge in [0.05, 0.1) is 31.8 Å². The Morgan fingerprint density at radius 1 is 1.30 bits per heavy atom. The molecule has 27 heavy (non-hydrogen) atoms. The molecule has 1 aliphatic heterocycles. The van der Waals surface area contributed by atoms with Gasteiger partial charge < -0.3 is 19.3 Å². The van der Waals surface area contributed by atoms with Crippen LogP contribution in [0.1, 0.15) is 18.4 Å². The molecule has 2 atom stereocenters. The van der Waals surface area contributed by atoms with Gasteiger partial charge in [-0.1, -0.05) is 24.3 Å². The molecule has 1 aromatic rings. The predicted octanol–water partition coefficient (Wildman–Crippen LogP) is 2.30. The largest absolute Gasteiger partial charge is 0.465 e. The molecule has 146 valence electrons. The van der Waals surface area contributed by atoms with E-state index in [-0.39, 0.29) is 38.3 Å². The Hall–Kier alpha value is -2.38. The molecule has 0 aromatic heterocycles. The summed E-state index contributed by atoms with van der Waals surface area (Å²) in [5.41, 5.74) is 2.25. The molecular weight excluding hydrogens is 350 g/mol. The van der Waals surface area contributed by atoms with Crippen LogP contribution < -0.4 is 5.32 Å². The molecule has 7 nitrogen and oxygen atoms in total. The van der Waals surface area contributed by atoms with E-state index in [1.807, 2.05) is 12.1 Å². The van der Waals surface area contributed by atoms with Gasteiger partial charge in [0.1, 0.15) is 6.61 Å². The quantitative estimate of drug-likeness (QED) is 0.411. The number of cyclic esters (lactones) is 1. The number of aliphatic hydroxyl groups excluding tert-OH is 1. The molecule has 1 amide bonds. The number of esters is 1. The van der Waals surface area contributed by atoms with E-state index in [0.717, 1.165) is 17.6 Å². The third-order valence-corrected chi connectivity index (χ3v) is 5.12. The summed E-state index contributed by atoms with van der Waals surface area (Å²) in [6.45, 7) is 5.03. The van der Waals surface area contributed by atoms with E-state index in [1.165, 1.54) is 0 Å². The summed E-state index contributed by atoms with van der Waals surface area (Å²) in [6.07, 6.45) is 1.57. The summed E-state index contributed by atoms with van der Waals surface area (Å²) in [5.74, 6) is 0.0821. The number of allylic oxidation sites excluding steroid dienone is 1. The molecule has 2 fully saturated rings. The zero-order valence-corrected chi connectivity index (χ0v) is 15.2. The Morgan fingerprint density at radius 2 is 2.07 bits per heavy atom. The van der Waals surface area contributed by atoms with Gasteiger partial charge in [0.25, 0.3) is 0 Å². The lowest BCUT2D eigenvalue weighted by atomic mass is 9.75. The van der Waals surface area contributed by atoms with E-state index >= 15 is 0 Å². The van der Waals surface area contributed by atoms with Crippen molar-refractivity contribution in [3.63, 3.8) is 0 Å².